The Kier molecular flexibility index (Phi) is 4.77. The number of piperazine rings is 1. The van der Waals surface area contributed by atoms with E-state index >= 15 is 0 Å². The van der Waals surface area contributed by atoms with Crippen LogP contribution in [0, 0.1) is 5.82 Å². The molecule has 2 aliphatic rings. The number of alkyl halides is 2. The Bertz CT molecular complexity index is 952. The summed E-state index contributed by atoms with van der Waals surface area (Å²) < 4.78 is 47.6. The lowest BCUT2D eigenvalue weighted by Gasteiger charge is -2.33. The van der Waals surface area contributed by atoms with E-state index in [0.29, 0.717) is 32.4 Å². The van der Waals surface area contributed by atoms with Crippen LogP contribution in [-0.2, 0) is 4.74 Å². The van der Waals surface area contributed by atoms with Gasteiger partial charge in [0.15, 0.2) is 6.10 Å². The predicted octanol–water partition coefficient (Wildman–Crippen LogP) is 2.73. The van der Waals surface area contributed by atoms with Gasteiger partial charge in [0.1, 0.15) is 29.5 Å². The number of carbonyl (C=O) groups excluding carboxylic acids is 1. The number of carbonyl (C=O) groups is 1. The lowest BCUT2D eigenvalue weighted by Crippen LogP contribution is -2.49. The van der Waals surface area contributed by atoms with Crippen molar-refractivity contribution < 1.29 is 22.7 Å². The molecule has 154 valence electrons. The number of nitrogens with zero attached hydrogens (tertiary/aromatic N) is 4. The molecule has 1 amide bonds. The lowest BCUT2D eigenvalue weighted by atomic mass is 10.00. The van der Waals surface area contributed by atoms with Gasteiger partial charge in [-0.25, -0.2) is 32.9 Å². The van der Waals surface area contributed by atoms with E-state index in [1.54, 1.807) is 0 Å². The Hall–Kier alpha value is -2.95. The van der Waals surface area contributed by atoms with Crippen LogP contribution >= 0.6 is 0 Å². The minimum absolute atomic E-state index is 0.0227. The number of aromatic nitrogens is 3. The number of rotatable bonds is 3. The predicted molar refractivity (Wildman–Crippen MR) is 98.4 cm³/mol. The molecule has 0 radical (unpaired) electrons. The van der Waals surface area contributed by atoms with E-state index < -0.39 is 23.9 Å². The largest absolute Gasteiger partial charge is 0.434 e. The third kappa shape index (κ3) is 3.82. The number of ether oxygens (including phenoxy) is 1. The maximum Gasteiger partial charge on any atom is 0.413 e. The fraction of sp³-hybridized carbons (Fsp3) is 0.444. The third-order valence-electron chi connectivity index (χ3n) is 4.76. The first kappa shape index (κ1) is 19.4. The molecule has 2 N–H and O–H groups in total. The second kappa shape index (κ2) is 7.14. The van der Waals surface area contributed by atoms with E-state index in [9.17, 15) is 18.0 Å². The van der Waals surface area contributed by atoms with Gasteiger partial charge in [-0.2, -0.15) is 0 Å². The summed E-state index contributed by atoms with van der Waals surface area (Å²) in [5, 5.41) is 5.57. The highest BCUT2D eigenvalue weighted by molar-refractivity contribution is 5.88. The van der Waals surface area contributed by atoms with Crippen molar-refractivity contribution in [1.29, 1.82) is 0 Å². The molecule has 2 aliphatic heterocycles. The van der Waals surface area contributed by atoms with Crippen LogP contribution in [0.5, 0.6) is 0 Å². The quantitative estimate of drug-likeness (QED) is 0.807. The number of anilines is 2. The van der Waals surface area contributed by atoms with E-state index in [4.69, 9.17) is 4.74 Å². The number of pyridine rings is 1. The summed E-state index contributed by atoms with van der Waals surface area (Å²) in [5.74, 6) is -3.72. The molecule has 2 aromatic heterocycles. The number of amides is 1. The number of halogens is 3. The van der Waals surface area contributed by atoms with Gasteiger partial charge in [0.25, 0.3) is 5.92 Å². The van der Waals surface area contributed by atoms with Gasteiger partial charge in [0.05, 0.1) is 11.3 Å². The summed E-state index contributed by atoms with van der Waals surface area (Å²) in [5.41, 5.74) is -0.110. The van der Waals surface area contributed by atoms with Crippen molar-refractivity contribution in [2.75, 3.05) is 29.9 Å². The molecule has 2 aromatic rings. The van der Waals surface area contributed by atoms with Crippen molar-refractivity contribution in [1.82, 2.24) is 20.3 Å². The Labute approximate surface area is 164 Å². The van der Waals surface area contributed by atoms with Crippen molar-refractivity contribution in [2.24, 2.45) is 0 Å². The van der Waals surface area contributed by atoms with Crippen molar-refractivity contribution in [3.63, 3.8) is 0 Å². The standard InChI is InChI=1S/C18H19F3N6O2/c1-9-7-27(4-3-22-9)12-6-10(19)5-11(25-12)14-13-15(18(2,20)21)29-17(28)26-16(13)24-8-23-14/h5-6,8-9,15,22H,3-4,7H2,1-2H3,(H,23,24,26,28)/t9-,15+/m0/s1. The molecule has 0 saturated carbocycles. The third-order valence-corrected chi connectivity index (χ3v) is 4.76. The summed E-state index contributed by atoms with van der Waals surface area (Å²) >= 11 is 0. The van der Waals surface area contributed by atoms with Crippen molar-refractivity contribution in [3.05, 3.63) is 29.8 Å². The molecule has 1 fully saturated rings. The minimum atomic E-state index is -3.41. The van der Waals surface area contributed by atoms with E-state index in [1.165, 1.54) is 6.07 Å². The van der Waals surface area contributed by atoms with E-state index in [2.05, 4.69) is 25.6 Å². The molecule has 2 atom stereocenters. The molecule has 0 aliphatic carbocycles. The van der Waals surface area contributed by atoms with Gasteiger partial charge in [0.2, 0.25) is 0 Å². The fourth-order valence-electron chi connectivity index (χ4n) is 3.50. The Morgan fingerprint density at radius 2 is 2.10 bits per heavy atom. The summed E-state index contributed by atoms with van der Waals surface area (Å²) in [7, 11) is 0. The first-order valence-electron chi connectivity index (χ1n) is 9.09. The number of fused-ring (bicyclic) bond motifs is 1. The van der Waals surface area contributed by atoms with E-state index in [1.807, 2.05) is 11.8 Å². The van der Waals surface area contributed by atoms with Gasteiger partial charge in [0, 0.05) is 44.7 Å². The average molecular weight is 408 g/mol. The highest BCUT2D eigenvalue weighted by Gasteiger charge is 2.45. The van der Waals surface area contributed by atoms with Gasteiger partial charge < -0.3 is 15.0 Å². The van der Waals surface area contributed by atoms with Crippen molar-refractivity contribution in [3.8, 4) is 11.4 Å². The topological polar surface area (TPSA) is 92.3 Å². The highest BCUT2D eigenvalue weighted by atomic mass is 19.3. The van der Waals surface area contributed by atoms with E-state index in [0.717, 1.165) is 12.4 Å². The van der Waals surface area contributed by atoms with Crippen LogP contribution < -0.4 is 15.5 Å². The fourth-order valence-corrected chi connectivity index (χ4v) is 3.50. The van der Waals surface area contributed by atoms with Gasteiger partial charge in [-0.05, 0) is 6.92 Å². The monoisotopic (exact) mass is 408 g/mol. The molecule has 4 rings (SSSR count). The molecule has 0 bridgehead atoms. The summed E-state index contributed by atoms with van der Waals surface area (Å²) in [6.07, 6.45) is -1.87. The Morgan fingerprint density at radius 3 is 2.83 bits per heavy atom. The van der Waals surface area contributed by atoms with Gasteiger partial charge in [-0.1, -0.05) is 0 Å². The molecule has 0 aromatic carbocycles. The number of cyclic esters (lactones) is 1. The molecular formula is C18H19F3N6O2. The van der Waals surface area contributed by atoms with Crippen LogP contribution in [0.3, 0.4) is 0 Å². The van der Waals surface area contributed by atoms with Crippen LogP contribution in [0.4, 0.5) is 29.6 Å². The first-order chi connectivity index (χ1) is 13.7. The van der Waals surface area contributed by atoms with Gasteiger partial charge in [-0.3, -0.25) is 5.32 Å². The second-order valence-corrected chi connectivity index (χ2v) is 7.18. The van der Waals surface area contributed by atoms with E-state index in [-0.39, 0.29) is 28.8 Å². The lowest BCUT2D eigenvalue weighted by molar-refractivity contribution is -0.0985. The van der Waals surface area contributed by atoms with Crippen molar-refractivity contribution >= 4 is 17.7 Å². The molecule has 29 heavy (non-hydrogen) atoms. The first-order valence-corrected chi connectivity index (χ1v) is 9.09. The molecule has 0 spiro atoms. The zero-order valence-electron chi connectivity index (χ0n) is 15.7. The maximum absolute atomic E-state index is 14.4. The molecule has 11 heteroatoms. The van der Waals surface area contributed by atoms with Gasteiger partial charge in [-0.15, -0.1) is 0 Å². The summed E-state index contributed by atoms with van der Waals surface area (Å²) in [6.45, 7) is 4.58. The number of hydrogen-bond donors (Lipinski definition) is 2. The average Bonchev–Trinajstić information content (AvgIpc) is 2.65. The van der Waals surface area contributed by atoms with Crippen LogP contribution in [0.2, 0.25) is 0 Å². The van der Waals surface area contributed by atoms with Gasteiger partial charge >= 0.3 is 6.09 Å². The van der Waals surface area contributed by atoms with Crippen LogP contribution in [0.1, 0.15) is 25.5 Å². The van der Waals surface area contributed by atoms with Crippen LogP contribution in [-0.4, -0.2) is 52.6 Å². The zero-order chi connectivity index (χ0) is 20.8. The maximum atomic E-state index is 14.4. The Morgan fingerprint density at radius 1 is 1.31 bits per heavy atom. The Balaban J connectivity index is 1.82. The highest BCUT2D eigenvalue weighted by Crippen LogP contribution is 2.43. The van der Waals surface area contributed by atoms with Crippen LogP contribution in [0.15, 0.2) is 18.5 Å². The molecule has 0 unspecified atom stereocenters. The summed E-state index contributed by atoms with van der Waals surface area (Å²) in [6, 6.07) is 2.59. The summed E-state index contributed by atoms with van der Waals surface area (Å²) in [4.78, 5) is 26.0. The molecule has 1 saturated heterocycles. The van der Waals surface area contributed by atoms with Crippen LogP contribution in [0.25, 0.3) is 11.4 Å². The normalized spacial score (nSPS) is 22.0. The second-order valence-electron chi connectivity index (χ2n) is 7.18. The number of nitrogens with one attached hydrogen (secondary N) is 2. The smallest absolute Gasteiger partial charge is 0.413 e. The zero-order valence-corrected chi connectivity index (χ0v) is 15.7. The molecule has 4 heterocycles. The molecular weight excluding hydrogens is 389 g/mol. The molecule has 8 nitrogen and oxygen atoms in total. The number of hydrogen-bond acceptors (Lipinski definition) is 7. The minimum Gasteiger partial charge on any atom is -0.434 e. The SMILES string of the molecule is C[C@H]1CN(c2cc(F)cc(-c3ncnc4c3[C@H](C(C)(F)F)OC(=O)N4)n2)CCN1. The van der Waals surface area contributed by atoms with Crippen molar-refractivity contribution in [2.45, 2.75) is 31.9 Å².